The van der Waals surface area contributed by atoms with Crippen LogP contribution in [0.2, 0.25) is 0 Å². The molecule has 0 saturated carbocycles. The van der Waals surface area contributed by atoms with Gasteiger partial charge in [0.25, 0.3) is 0 Å². The number of nitrogens with zero attached hydrogens (tertiary/aromatic N) is 1. The van der Waals surface area contributed by atoms with Crippen molar-refractivity contribution >= 4 is 23.5 Å². The molecule has 0 bridgehead atoms. The molecule has 1 rings (SSSR count). The lowest BCUT2D eigenvalue weighted by Crippen LogP contribution is -2.53. The van der Waals surface area contributed by atoms with Crippen LogP contribution in [0.3, 0.4) is 0 Å². The van der Waals surface area contributed by atoms with Gasteiger partial charge in [-0.3, -0.25) is 9.59 Å². The molecule has 140 valence electrons. The van der Waals surface area contributed by atoms with Crippen molar-refractivity contribution in [3.63, 3.8) is 0 Å². The van der Waals surface area contributed by atoms with Crippen LogP contribution in [0.5, 0.6) is 0 Å². The SMILES string of the molecule is CC(C)SCCC(=O)N1C(C(=O)C(C)C)C(C)(C)C(C)(C)C1(C)C. The molecule has 1 heterocycles. The highest BCUT2D eigenvalue weighted by Gasteiger charge is 2.66. The molecule has 0 aromatic rings. The average Bonchev–Trinajstić information content (AvgIpc) is 2.51. The van der Waals surface area contributed by atoms with E-state index in [0.29, 0.717) is 11.7 Å². The average molecular weight is 356 g/mol. The van der Waals surface area contributed by atoms with Gasteiger partial charge in [0.2, 0.25) is 5.91 Å². The van der Waals surface area contributed by atoms with Crippen LogP contribution < -0.4 is 0 Å². The molecule has 1 fully saturated rings. The highest BCUT2D eigenvalue weighted by Crippen LogP contribution is 2.59. The van der Waals surface area contributed by atoms with Crippen molar-refractivity contribution in [3.8, 4) is 0 Å². The van der Waals surface area contributed by atoms with E-state index >= 15 is 0 Å². The van der Waals surface area contributed by atoms with E-state index < -0.39 is 0 Å². The predicted octanol–water partition coefficient (Wildman–Crippen LogP) is 4.79. The van der Waals surface area contributed by atoms with Crippen LogP contribution in [0, 0.1) is 16.7 Å². The van der Waals surface area contributed by atoms with Crippen molar-refractivity contribution in [1.29, 1.82) is 0 Å². The summed E-state index contributed by atoms with van der Waals surface area (Å²) in [6.07, 6.45) is 0.500. The zero-order valence-corrected chi connectivity index (χ0v) is 18.1. The molecule has 1 aliphatic heterocycles. The number of thioether (sulfide) groups is 1. The second-order valence-electron chi connectivity index (χ2n) is 9.30. The molecule has 0 aliphatic carbocycles. The van der Waals surface area contributed by atoms with E-state index in [1.807, 2.05) is 18.7 Å². The number of carbonyl (C=O) groups is 2. The maximum atomic E-state index is 13.1. The van der Waals surface area contributed by atoms with Gasteiger partial charge in [-0.05, 0) is 29.9 Å². The maximum Gasteiger partial charge on any atom is 0.224 e. The van der Waals surface area contributed by atoms with Crippen LogP contribution in [-0.2, 0) is 9.59 Å². The summed E-state index contributed by atoms with van der Waals surface area (Å²) in [6, 6.07) is -0.348. The molecule has 1 amide bonds. The van der Waals surface area contributed by atoms with Gasteiger partial charge in [-0.1, -0.05) is 55.4 Å². The van der Waals surface area contributed by atoms with Gasteiger partial charge in [-0.15, -0.1) is 0 Å². The molecule has 1 aliphatic rings. The fraction of sp³-hybridized carbons (Fsp3) is 0.900. The summed E-state index contributed by atoms with van der Waals surface area (Å²) in [5.74, 6) is 1.04. The van der Waals surface area contributed by atoms with Crippen LogP contribution in [0.4, 0.5) is 0 Å². The monoisotopic (exact) mass is 355 g/mol. The first-order valence-electron chi connectivity index (χ1n) is 9.17. The van der Waals surface area contributed by atoms with Gasteiger partial charge in [-0.25, -0.2) is 0 Å². The molecule has 24 heavy (non-hydrogen) atoms. The third-order valence-electron chi connectivity index (χ3n) is 6.56. The highest BCUT2D eigenvalue weighted by atomic mass is 32.2. The first-order valence-corrected chi connectivity index (χ1v) is 10.2. The molecule has 1 atom stereocenters. The third-order valence-corrected chi connectivity index (χ3v) is 7.67. The minimum absolute atomic E-state index is 0.0701. The Morgan fingerprint density at radius 2 is 1.50 bits per heavy atom. The van der Waals surface area contributed by atoms with Crippen molar-refractivity contribution in [2.24, 2.45) is 16.7 Å². The van der Waals surface area contributed by atoms with E-state index in [2.05, 4.69) is 55.4 Å². The lowest BCUT2D eigenvalue weighted by atomic mass is 9.59. The van der Waals surface area contributed by atoms with Crippen molar-refractivity contribution in [2.75, 3.05) is 5.75 Å². The molecule has 0 spiro atoms. The van der Waals surface area contributed by atoms with E-state index in [1.54, 1.807) is 11.8 Å². The summed E-state index contributed by atoms with van der Waals surface area (Å²) in [7, 11) is 0. The van der Waals surface area contributed by atoms with Gasteiger partial charge in [-0.2, -0.15) is 11.8 Å². The van der Waals surface area contributed by atoms with Gasteiger partial charge in [0, 0.05) is 23.6 Å². The van der Waals surface area contributed by atoms with Crippen LogP contribution in [0.25, 0.3) is 0 Å². The fourth-order valence-electron chi connectivity index (χ4n) is 3.83. The zero-order chi connectivity index (χ0) is 19.1. The first-order chi connectivity index (χ1) is 10.7. The summed E-state index contributed by atoms with van der Waals surface area (Å²) in [4.78, 5) is 28.1. The number of Topliss-reactive ketones (excluding diaryl/α,β-unsaturated/α-hetero) is 1. The topological polar surface area (TPSA) is 37.4 Å². The Morgan fingerprint density at radius 1 is 1.00 bits per heavy atom. The van der Waals surface area contributed by atoms with Crippen molar-refractivity contribution in [1.82, 2.24) is 4.90 Å². The summed E-state index contributed by atoms with van der Waals surface area (Å²) >= 11 is 1.80. The lowest BCUT2D eigenvalue weighted by molar-refractivity contribution is -0.144. The molecule has 1 saturated heterocycles. The highest BCUT2D eigenvalue weighted by molar-refractivity contribution is 7.99. The Labute approximate surface area is 153 Å². The van der Waals surface area contributed by atoms with Crippen LogP contribution >= 0.6 is 11.8 Å². The molecule has 1 unspecified atom stereocenters. The largest absolute Gasteiger partial charge is 0.326 e. The number of likely N-dealkylation sites (tertiary alicyclic amines) is 1. The van der Waals surface area contributed by atoms with Gasteiger partial charge in [0.15, 0.2) is 5.78 Å². The second kappa shape index (κ2) is 7.01. The Hall–Kier alpha value is -0.510. The van der Waals surface area contributed by atoms with E-state index in [9.17, 15) is 9.59 Å². The Morgan fingerprint density at radius 3 is 1.92 bits per heavy atom. The van der Waals surface area contributed by atoms with Gasteiger partial charge in [0.05, 0.1) is 6.04 Å². The van der Waals surface area contributed by atoms with Gasteiger partial charge < -0.3 is 4.90 Å². The summed E-state index contributed by atoms with van der Waals surface area (Å²) < 4.78 is 0. The molecular formula is C20H37NO2S. The Bertz CT molecular complexity index is 492. The number of rotatable bonds is 6. The molecule has 0 radical (unpaired) electrons. The molecular weight excluding hydrogens is 318 g/mol. The quantitative estimate of drug-likeness (QED) is 0.688. The number of amides is 1. The molecule has 0 N–H and O–H groups in total. The van der Waals surface area contributed by atoms with Crippen LogP contribution in [-0.4, -0.2) is 39.2 Å². The molecule has 3 nitrogen and oxygen atoms in total. The van der Waals surface area contributed by atoms with Crippen molar-refractivity contribution in [2.45, 2.75) is 92.5 Å². The van der Waals surface area contributed by atoms with Crippen LogP contribution in [0.15, 0.2) is 0 Å². The lowest BCUT2D eigenvalue weighted by Gasteiger charge is -2.44. The van der Waals surface area contributed by atoms with E-state index in [-0.39, 0.29) is 40.0 Å². The van der Waals surface area contributed by atoms with Gasteiger partial charge >= 0.3 is 0 Å². The summed E-state index contributed by atoms with van der Waals surface area (Å²) in [5, 5.41) is 0.519. The minimum Gasteiger partial charge on any atom is -0.326 e. The normalized spacial score (nSPS) is 24.7. The maximum absolute atomic E-state index is 13.1. The van der Waals surface area contributed by atoms with Crippen molar-refractivity contribution in [3.05, 3.63) is 0 Å². The second-order valence-corrected chi connectivity index (χ2v) is 11.0. The van der Waals surface area contributed by atoms with E-state index in [1.165, 1.54) is 0 Å². The predicted molar refractivity (Wildman–Crippen MR) is 104 cm³/mol. The minimum atomic E-state index is -0.356. The summed E-state index contributed by atoms with van der Waals surface area (Å²) in [5.41, 5.74) is -0.778. The molecule has 4 heteroatoms. The zero-order valence-electron chi connectivity index (χ0n) is 17.3. The number of hydrogen-bond acceptors (Lipinski definition) is 3. The molecule has 0 aromatic carbocycles. The van der Waals surface area contributed by atoms with Crippen molar-refractivity contribution < 1.29 is 9.59 Å². The standard InChI is InChI=1S/C20H37NO2S/c1-13(2)16(23)17-18(5,6)19(7,8)20(9,10)21(17)15(22)11-12-24-14(3)4/h13-14,17H,11-12H2,1-10H3. The number of carbonyl (C=O) groups excluding carboxylic acids is 2. The molecule has 0 aromatic heterocycles. The van der Waals surface area contributed by atoms with Crippen LogP contribution in [0.1, 0.15) is 75.7 Å². The van der Waals surface area contributed by atoms with E-state index in [4.69, 9.17) is 0 Å². The van der Waals surface area contributed by atoms with E-state index in [0.717, 1.165) is 5.75 Å². The third kappa shape index (κ3) is 3.40. The Balaban J connectivity index is 3.25. The Kier molecular flexibility index (Phi) is 6.29. The first kappa shape index (κ1) is 21.5. The fourth-order valence-corrected chi connectivity index (χ4v) is 4.60. The summed E-state index contributed by atoms with van der Waals surface area (Å²) in [6.45, 7) is 21.1. The number of hydrogen-bond donors (Lipinski definition) is 0. The number of ketones is 1. The van der Waals surface area contributed by atoms with Gasteiger partial charge in [0.1, 0.15) is 0 Å². The smallest absolute Gasteiger partial charge is 0.224 e.